The second-order valence-corrected chi connectivity index (χ2v) is 1.92. The van der Waals surface area contributed by atoms with Gasteiger partial charge in [0.1, 0.15) is 0 Å². The summed E-state index contributed by atoms with van der Waals surface area (Å²) in [6, 6.07) is 0. The Morgan fingerprint density at radius 3 is 2.44 bits per heavy atom. The number of aliphatic carboxylic acids is 1. The van der Waals surface area contributed by atoms with Gasteiger partial charge in [-0.05, 0) is 18.1 Å². The van der Waals surface area contributed by atoms with E-state index in [1.54, 1.807) is 0 Å². The van der Waals surface area contributed by atoms with E-state index in [-0.39, 0.29) is 11.4 Å². The summed E-state index contributed by atoms with van der Waals surface area (Å²) >= 11 is 0. The minimum Gasteiger partial charge on any atom is -0.545 e. The van der Waals surface area contributed by atoms with Gasteiger partial charge in [0, 0.05) is 6.42 Å². The van der Waals surface area contributed by atoms with Crippen molar-refractivity contribution in [1.82, 2.24) is 0 Å². The Balaban J connectivity index is 2.74. The average Bonchev–Trinajstić information content (AvgIpc) is 2.14. The Hall–Kier alpha value is -1.12. The van der Waals surface area contributed by atoms with Crippen molar-refractivity contribution in [2.45, 2.75) is 12.8 Å². The summed E-state index contributed by atoms with van der Waals surface area (Å²) < 4.78 is 0. The molecule has 3 nitrogen and oxygen atoms in total. The fourth-order valence-corrected chi connectivity index (χ4v) is 0.758. The van der Waals surface area contributed by atoms with Crippen LogP contribution in [0.5, 0.6) is 0 Å². The maximum absolute atomic E-state index is 10.4. The van der Waals surface area contributed by atoms with Gasteiger partial charge < -0.3 is 9.90 Å². The highest BCUT2D eigenvalue weighted by molar-refractivity contribution is 6.01. The van der Waals surface area contributed by atoms with Crippen LogP contribution in [0.1, 0.15) is 12.8 Å². The highest BCUT2D eigenvalue weighted by Crippen LogP contribution is 2.12. The fourth-order valence-electron chi connectivity index (χ4n) is 0.758. The molecule has 3 heteroatoms. The van der Waals surface area contributed by atoms with Gasteiger partial charge >= 0.3 is 0 Å². The number of rotatable bonds is 1. The van der Waals surface area contributed by atoms with Crippen LogP contribution in [0.25, 0.3) is 0 Å². The number of carbonyl (C=O) groups is 2. The fraction of sp³-hybridized carbons (Fsp3) is 0.333. The van der Waals surface area contributed by atoms with Gasteiger partial charge in [0.15, 0.2) is 5.78 Å². The van der Waals surface area contributed by atoms with E-state index in [1.165, 1.54) is 0 Å². The van der Waals surface area contributed by atoms with Crippen LogP contribution >= 0.6 is 0 Å². The van der Waals surface area contributed by atoms with E-state index in [0.29, 0.717) is 12.8 Å². The highest BCUT2D eigenvalue weighted by Gasteiger charge is 2.11. The van der Waals surface area contributed by atoms with Crippen molar-refractivity contribution >= 4 is 11.8 Å². The van der Waals surface area contributed by atoms with Crippen LogP contribution in [-0.4, -0.2) is 11.8 Å². The first-order chi connectivity index (χ1) is 4.20. The lowest BCUT2D eigenvalue weighted by molar-refractivity contribution is -0.299. The molecule has 0 atom stereocenters. The molecule has 0 aromatic heterocycles. The number of carbonyl (C=O) groups excluding carboxylic acids is 2. The van der Waals surface area contributed by atoms with E-state index >= 15 is 0 Å². The summed E-state index contributed by atoms with van der Waals surface area (Å²) in [5, 5.41) is 10.0. The summed E-state index contributed by atoms with van der Waals surface area (Å²) in [5.41, 5.74) is 0.125. The smallest absolute Gasteiger partial charge is 0.156 e. The van der Waals surface area contributed by atoms with E-state index < -0.39 is 5.97 Å². The van der Waals surface area contributed by atoms with Crippen LogP contribution in [0.2, 0.25) is 0 Å². The maximum atomic E-state index is 10.4. The Bertz CT molecular complexity index is 190. The summed E-state index contributed by atoms with van der Waals surface area (Å²) in [4.78, 5) is 20.4. The van der Waals surface area contributed by atoms with Gasteiger partial charge in [-0.1, -0.05) is 0 Å². The molecule has 0 unspecified atom stereocenters. The second-order valence-electron chi connectivity index (χ2n) is 1.92. The van der Waals surface area contributed by atoms with Crippen LogP contribution in [0, 0.1) is 0 Å². The number of hydrogen-bond acceptors (Lipinski definition) is 3. The molecule has 1 aliphatic carbocycles. The van der Waals surface area contributed by atoms with E-state index in [4.69, 9.17) is 0 Å². The molecular formula is C6H5O3-. The maximum Gasteiger partial charge on any atom is 0.156 e. The SMILES string of the molecule is O=C1C=C(C(=O)[O-])CC1. The number of carboxylic acid groups (broad SMARTS) is 1. The van der Waals surface area contributed by atoms with Crippen molar-refractivity contribution in [3.63, 3.8) is 0 Å². The van der Waals surface area contributed by atoms with Crippen molar-refractivity contribution in [3.8, 4) is 0 Å². The summed E-state index contributed by atoms with van der Waals surface area (Å²) in [6.07, 6.45) is 1.79. The number of allylic oxidation sites excluding steroid dienone is 1. The lowest BCUT2D eigenvalue weighted by atomic mass is 10.2. The topological polar surface area (TPSA) is 57.2 Å². The van der Waals surface area contributed by atoms with Gasteiger partial charge in [0.25, 0.3) is 0 Å². The van der Waals surface area contributed by atoms with Crippen molar-refractivity contribution in [3.05, 3.63) is 11.6 Å². The molecule has 0 saturated carbocycles. The normalized spacial score (nSPS) is 17.8. The van der Waals surface area contributed by atoms with Crippen molar-refractivity contribution in [2.75, 3.05) is 0 Å². The van der Waals surface area contributed by atoms with Crippen molar-refractivity contribution in [2.24, 2.45) is 0 Å². The van der Waals surface area contributed by atoms with Crippen molar-refractivity contribution < 1.29 is 14.7 Å². The van der Waals surface area contributed by atoms with Gasteiger partial charge in [-0.3, -0.25) is 4.79 Å². The van der Waals surface area contributed by atoms with Crippen LogP contribution in [0.15, 0.2) is 11.6 Å². The molecular weight excluding hydrogens is 120 g/mol. The zero-order chi connectivity index (χ0) is 6.85. The zero-order valence-electron chi connectivity index (χ0n) is 4.72. The molecule has 0 amide bonds. The lowest BCUT2D eigenvalue weighted by Gasteiger charge is -1.97. The third kappa shape index (κ3) is 1.16. The Kier molecular flexibility index (Phi) is 1.34. The molecule has 1 aliphatic rings. The molecule has 48 valence electrons. The second kappa shape index (κ2) is 2.01. The molecule has 1 rings (SSSR count). The molecule has 0 N–H and O–H groups in total. The molecule has 0 spiro atoms. The van der Waals surface area contributed by atoms with Gasteiger partial charge in [0.05, 0.1) is 5.97 Å². The third-order valence-electron chi connectivity index (χ3n) is 1.24. The predicted molar refractivity (Wildman–Crippen MR) is 27.3 cm³/mol. The molecule has 0 aromatic rings. The van der Waals surface area contributed by atoms with Gasteiger partial charge in [-0.2, -0.15) is 0 Å². The average molecular weight is 125 g/mol. The van der Waals surface area contributed by atoms with Crippen LogP contribution in [0.3, 0.4) is 0 Å². The Labute approximate surface area is 52.0 Å². The molecule has 9 heavy (non-hydrogen) atoms. The monoisotopic (exact) mass is 125 g/mol. The van der Waals surface area contributed by atoms with E-state index in [1.807, 2.05) is 0 Å². The minimum absolute atomic E-state index is 0.116. The van der Waals surface area contributed by atoms with Gasteiger partial charge in [-0.25, -0.2) is 0 Å². The first kappa shape index (κ1) is 6.01. The first-order valence-electron chi connectivity index (χ1n) is 2.65. The molecule has 0 aliphatic heterocycles. The zero-order valence-corrected chi connectivity index (χ0v) is 4.72. The standard InChI is InChI=1S/C6H6O3/c7-5-2-1-4(3-5)6(8)9/h3H,1-2H2,(H,8,9)/p-1. The summed E-state index contributed by atoms with van der Waals surface area (Å²) in [6.45, 7) is 0. The molecule has 0 heterocycles. The van der Waals surface area contributed by atoms with Gasteiger partial charge in [0.2, 0.25) is 0 Å². The number of ketones is 1. The Morgan fingerprint density at radius 2 is 2.22 bits per heavy atom. The van der Waals surface area contributed by atoms with Crippen LogP contribution in [-0.2, 0) is 9.59 Å². The number of hydrogen-bond donors (Lipinski definition) is 0. The first-order valence-corrected chi connectivity index (χ1v) is 2.65. The van der Waals surface area contributed by atoms with E-state index in [9.17, 15) is 14.7 Å². The van der Waals surface area contributed by atoms with Crippen LogP contribution in [0.4, 0.5) is 0 Å². The largest absolute Gasteiger partial charge is 0.545 e. The minimum atomic E-state index is -1.22. The van der Waals surface area contributed by atoms with Crippen LogP contribution < -0.4 is 5.11 Å². The molecule has 0 fully saturated rings. The lowest BCUT2D eigenvalue weighted by Crippen LogP contribution is -2.23. The summed E-state index contributed by atoms with van der Waals surface area (Å²) in [5.74, 6) is -1.34. The number of carboxylic acids is 1. The molecule has 0 saturated heterocycles. The van der Waals surface area contributed by atoms with Crippen molar-refractivity contribution in [1.29, 1.82) is 0 Å². The highest BCUT2D eigenvalue weighted by atomic mass is 16.4. The van der Waals surface area contributed by atoms with E-state index in [2.05, 4.69) is 0 Å². The molecule has 0 bridgehead atoms. The molecule has 0 aromatic carbocycles. The quantitative estimate of drug-likeness (QED) is 0.453. The van der Waals surface area contributed by atoms with Gasteiger partial charge in [-0.15, -0.1) is 0 Å². The predicted octanol–water partition coefficient (Wildman–Crippen LogP) is -0.974. The van der Waals surface area contributed by atoms with E-state index in [0.717, 1.165) is 6.08 Å². The third-order valence-corrected chi connectivity index (χ3v) is 1.24. The summed E-state index contributed by atoms with van der Waals surface area (Å²) in [7, 11) is 0. The molecule has 0 radical (unpaired) electrons. The Morgan fingerprint density at radius 1 is 1.56 bits per heavy atom.